The third-order valence-corrected chi connectivity index (χ3v) is 3.22. The number of halogens is 1. The van der Waals surface area contributed by atoms with Gasteiger partial charge in [-0.2, -0.15) is 0 Å². The predicted octanol–water partition coefficient (Wildman–Crippen LogP) is 4.59. The van der Waals surface area contributed by atoms with Crippen LogP contribution in [0.25, 0.3) is 0 Å². The van der Waals surface area contributed by atoms with Gasteiger partial charge in [0.15, 0.2) is 4.50 Å². The van der Waals surface area contributed by atoms with Crippen LogP contribution in [0.2, 0.25) is 0 Å². The number of aliphatic imine (C=N–C) groups is 1. The van der Waals surface area contributed by atoms with Crippen LogP contribution >= 0.6 is 23.4 Å². The molecular weight excluding hydrogens is 310 g/mol. The van der Waals surface area contributed by atoms with Crippen molar-refractivity contribution in [3.8, 4) is 0 Å². The van der Waals surface area contributed by atoms with E-state index in [9.17, 15) is 4.79 Å². The lowest BCUT2D eigenvalue weighted by Gasteiger charge is -2.08. The number of ether oxygens (including phenoxy) is 2. The van der Waals surface area contributed by atoms with Gasteiger partial charge in [0.25, 0.3) is 0 Å². The zero-order valence-corrected chi connectivity index (χ0v) is 14.2. The third kappa shape index (κ3) is 7.50. The van der Waals surface area contributed by atoms with Crippen LogP contribution in [0.15, 0.2) is 29.3 Å². The summed E-state index contributed by atoms with van der Waals surface area (Å²) in [6, 6.07) is 6.86. The molecule has 0 unspecified atom stereocenters. The van der Waals surface area contributed by atoms with Gasteiger partial charge in [0.2, 0.25) is 0 Å². The van der Waals surface area contributed by atoms with Crippen molar-refractivity contribution in [3.63, 3.8) is 0 Å². The first-order chi connectivity index (χ1) is 9.88. The Kier molecular flexibility index (Phi) is 7.78. The van der Waals surface area contributed by atoms with Crippen molar-refractivity contribution < 1.29 is 14.3 Å². The van der Waals surface area contributed by atoms with E-state index in [-0.39, 0.29) is 18.2 Å². The van der Waals surface area contributed by atoms with Crippen LogP contribution in [-0.2, 0) is 9.47 Å². The lowest BCUT2D eigenvalue weighted by Crippen LogP contribution is -2.11. The molecule has 4 nitrogen and oxygen atoms in total. The predicted molar refractivity (Wildman–Crippen MR) is 88.6 cm³/mol. The molecule has 0 N–H and O–H groups in total. The van der Waals surface area contributed by atoms with E-state index in [1.54, 1.807) is 24.3 Å². The Bertz CT molecular complexity index is 503. The number of carbonyl (C=O) groups excluding carboxylic acids is 1. The van der Waals surface area contributed by atoms with Crippen LogP contribution < -0.4 is 0 Å². The van der Waals surface area contributed by atoms with Gasteiger partial charge >= 0.3 is 5.97 Å². The average molecular weight is 330 g/mol. The first kappa shape index (κ1) is 18.0. The Morgan fingerprint density at radius 1 is 1.29 bits per heavy atom. The van der Waals surface area contributed by atoms with Crippen molar-refractivity contribution in [2.45, 2.75) is 39.9 Å². The van der Waals surface area contributed by atoms with Gasteiger partial charge in [-0.1, -0.05) is 29.4 Å². The summed E-state index contributed by atoms with van der Waals surface area (Å²) >= 11 is 7.33. The maximum Gasteiger partial charge on any atom is 0.338 e. The van der Waals surface area contributed by atoms with Crippen LogP contribution in [0, 0.1) is 0 Å². The lowest BCUT2D eigenvalue weighted by molar-refractivity contribution is 0.0378. The molecule has 0 aliphatic heterocycles. The molecule has 0 bridgehead atoms. The fraction of sp³-hybridized carbons (Fsp3) is 0.467. The minimum atomic E-state index is -0.367. The molecule has 21 heavy (non-hydrogen) atoms. The summed E-state index contributed by atoms with van der Waals surface area (Å²) in [5.41, 5.74) is 1.06. The summed E-state index contributed by atoms with van der Waals surface area (Å²) in [7, 11) is 0. The smallest absolute Gasteiger partial charge is 0.338 e. The second-order valence-corrected chi connectivity index (χ2v) is 6.34. The molecule has 116 valence electrons. The minimum absolute atomic E-state index is 0.149. The van der Waals surface area contributed by atoms with E-state index in [4.69, 9.17) is 21.1 Å². The van der Waals surface area contributed by atoms with Crippen LogP contribution in [0.4, 0.5) is 5.69 Å². The van der Waals surface area contributed by atoms with Gasteiger partial charge in [-0.05, 0) is 45.9 Å². The second-order valence-electron chi connectivity index (χ2n) is 4.85. The average Bonchev–Trinajstić information content (AvgIpc) is 2.37. The molecule has 1 rings (SSSR count). The number of esters is 1. The maximum atomic E-state index is 11.8. The number of hydrogen-bond donors (Lipinski definition) is 0. The summed E-state index contributed by atoms with van der Waals surface area (Å²) in [6.07, 6.45) is -0.00641. The molecule has 1 aromatic carbocycles. The molecule has 0 radical (unpaired) electrons. The number of hydrogen-bond acceptors (Lipinski definition) is 5. The monoisotopic (exact) mass is 329 g/mol. The number of rotatable bonds is 6. The Morgan fingerprint density at radius 3 is 2.62 bits per heavy atom. The van der Waals surface area contributed by atoms with Gasteiger partial charge < -0.3 is 9.47 Å². The van der Waals surface area contributed by atoms with E-state index >= 15 is 0 Å². The van der Waals surface area contributed by atoms with Crippen molar-refractivity contribution in [2.75, 3.05) is 5.94 Å². The number of nitrogens with zero attached hydrogens (tertiary/aromatic N) is 1. The van der Waals surface area contributed by atoms with E-state index in [0.29, 0.717) is 21.7 Å². The molecule has 0 amide bonds. The zero-order valence-electron chi connectivity index (χ0n) is 12.6. The third-order valence-electron chi connectivity index (χ3n) is 2.22. The summed E-state index contributed by atoms with van der Waals surface area (Å²) in [6.45, 7) is 7.52. The molecule has 0 saturated heterocycles. The number of thioether (sulfide) groups is 1. The Labute approximate surface area is 134 Å². The molecule has 0 aliphatic rings. The number of carbonyl (C=O) groups is 1. The number of benzene rings is 1. The van der Waals surface area contributed by atoms with Gasteiger partial charge in [0.1, 0.15) is 0 Å². The Morgan fingerprint density at radius 2 is 2.00 bits per heavy atom. The standard InChI is InChI=1S/C15H20ClNO3S/c1-10(2)19-9-21-15(16)17-13-7-5-6-12(8-13)14(18)20-11(3)4/h5-8,10-11H,9H2,1-4H3. The Balaban J connectivity index is 2.69. The van der Waals surface area contributed by atoms with E-state index < -0.39 is 0 Å². The molecule has 1 aromatic rings. The van der Waals surface area contributed by atoms with E-state index in [0.717, 1.165) is 0 Å². The highest BCUT2D eigenvalue weighted by atomic mass is 35.5. The molecule has 0 saturated carbocycles. The van der Waals surface area contributed by atoms with Gasteiger partial charge in [-0.15, -0.1) is 0 Å². The van der Waals surface area contributed by atoms with Gasteiger partial charge in [0.05, 0.1) is 29.4 Å². The van der Waals surface area contributed by atoms with Gasteiger partial charge in [-0.25, -0.2) is 9.79 Å². The molecule has 0 spiro atoms. The fourth-order valence-corrected chi connectivity index (χ4v) is 2.18. The molecule has 0 heterocycles. The van der Waals surface area contributed by atoms with Gasteiger partial charge in [-0.3, -0.25) is 0 Å². The van der Waals surface area contributed by atoms with Crippen LogP contribution in [-0.4, -0.2) is 28.6 Å². The summed E-state index contributed by atoms with van der Waals surface area (Å²) < 4.78 is 10.9. The fourth-order valence-electron chi connectivity index (χ4n) is 1.34. The van der Waals surface area contributed by atoms with Crippen molar-refractivity contribution in [1.29, 1.82) is 0 Å². The van der Waals surface area contributed by atoms with Crippen molar-refractivity contribution >= 4 is 39.5 Å². The summed E-state index contributed by atoms with van der Waals surface area (Å²) in [5, 5.41) is 0. The zero-order chi connectivity index (χ0) is 15.8. The van der Waals surface area contributed by atoms with Gasteiger partial charge in [0, 0.05) is 0 Å². The first-order valence-corrected chi connectivity index (χ1v) is 8.04. The summed E-state index contributed by atoms with van der Waals surface area (Å²) in [5.74, 6) is 0.0729. The molecular formula is C15H20ClNO3S. The maximum absolute atomic E-state index is 11.8. The first-order valence-electron chi connectivity index (χ1n) is 6.68. The SMILES string of the molecule is CC(C)OCSC(Cl)=Nc1cccc(C(=O)OC(C)C)c1. The molecule has 0 aromatic heterocycles. The van der Waals surface area contributed by atoms with Crippen LogP contribution in [0.1, 0.15) is 38.1 Å². The van der Waals surface area contributed by atoms with Crippen LogP contribution in [0.5, 0.6) is 0 Å². The highest BCUT2D eigenvalue weighted by molar-refractivity contribution is 8.16. The highest BCUT2D eigenvalue weighted by Crippen LogP contribution is 2.20. The molecule has 6 heteroatoms. The van der Waals surface area contributed by atoms with Crippen LogP contribution in [0.3, 0.4) is 0 Å². The topological polar surface area (TPSA) is 47.9 Å². The van der Waals surface area contributed by atoms with Crippen molar-refractivity contribution in [1.82, 2.24) is 0 Å². The Hall–Kier alpha value is -1.04. The molecule has 0 aliphatic carbocycles. The van der Waals surface area contributed by atoms with E-state index in [1.807, 2.05) is 27.7 Å². The molecule has 0 fully saturated rings. The van der Waals surface area contributed by atoms with Crippen molar-refractivity contribution in [2.24, 2.45) is 4.99 Å². The van der Waals surface area contributed by atoms with E-state index in [2.05, 4.69) is 4.99 Å². The summed E-state index contributed by atoms with van der Waals surface area (Å²) in [4.78, 5) is 16.0. The normalized spacial score (nSPS) is 12.0. The quantitative estimate of drug-likeness (QED) is 0.331. The largest absolute Gasteiger partial charge is 0.459 e. The van der Waals surface area contributed by atoms with Crippen molar-refractivity contribution in [3.05, 3.63) is 29.8 Å². The lowest BCUT2D eigenvalue weighted by atomic mass is 10.2. The van der Waals surface area contributed by atoms with E-state index in [1.165, 1.54) is 11.8 Å². The molecule has 0 atom stereocenters. The second kappa shape index (κ2) is 9.07. The highest BCUT2D eigenvalue weighted by Gasteiger charge is 2.09. The minimum Gasteiger partial charge on any atom is -0.459 e.